The highest BCUT2D eigenvalue weighted by Gasteiger charge is 2.14. The Balaban J connectivity index is 2.53. The lowest BCUT2D eigenvalue weighted by atomic mass is 10.0. The number of halogens is 2. The molecule has 2 aromatic rings. The standard InChI is InChI=1S/C15H12Cl2N4O/c16-12-5-1-3-9(13(12)17)7-11(14(22)21-15(18)19)10-4-2-6-20-8-10/h1-8H,(H4,18,19,21,22)/b11-7+. The van der Waals surface area contributed by atoms with Crippen LogP contribution in [0.5, 0.6) is 0 Å². The summed E-state index contributed by atoms with van der Waals surface area (Å²) in [5, 5.41) is 10.2. The van der Waals surface area contributed by atoms with Gasteiger partial charge < -0.3 is 5.73 Å². The number of carbonyl (C=O) groups is 1. The Bertz CT molecular complexity index is 744. The Morgan fingerprint density at radius 2 is 2.05 bits per heavy atom. The highest BCUT2D eigenvalue weighted by molar-refractivity contribution is 6.43. The number of rotatable bonds is 3. The molecule has 0 saturated heterocycles. The lowest BCUT2D eigenvalue weighted by Gasteiger charge is -2.09. The van der Waals surface area contributed by atoms with Gasteiger partial charge in [0.2, 0.25) is 0 Å². The number of aromatic nitrogens is 1. The number of benzene rings is 1. The van der Waals surface area contributed by atoms with E-state index in [1.807, 2.05) is 0 Å². The van der Waals surface area contributed by atoms with Gasteiger partial charge in [-0.25, -0.2) is 0 Å². The zero-order valence-electron chi connectivity index (χ0n) is 11.3. The molecule has 0 bridgehead atoms. The minimum atomic E-state index is -0.531. The second-order valence-electron chi connectivity index (χ2n) is 4.31. The number of hydrogen-bond acceptors (Lipinski definition) is 3. The minimum absolute atomic E-state index is 0.271. The highest BCUT2D eigenvalue weighted by Crippen LogP contribution is 2.29. The molecule has 0 aliphatic carbocycles. The first-order valence-corrected chi connectivity index (χ1v) is 6.96. The van der Waals surface area contributed by atoms with Gasteiger partial charge in [-0.1, -0.05) is 41.4 Å². The van der Waals surface area contributed by atoms with Crippen LogP contribution in [0.25, 0.3) is 11.6 Å². The van der Waals surface area contributed by atoms with Crippen LogP contribution in [-0.4, -0.2) is 16.9 Å². The molecule has 1 amide bonds. The largest absolute Gasteiger partial charge is 0.370 e. The van der Waals surface area contributed by atoms with E-state index in [9.17, 15) is 4.79 Å². The summed E-state index contributed by atoms with van der Waals surface area (Å²) >= 11 is 12.1. The first kappa shape index (κ1) is 16.0. The summed E-state index contributed by atoms with van der Waals surface area (Å²) in [5.41, 5.74) is 6.63. The topological polar surface area (TPSA) is 91.9 Å². The Hall–Kier alpha value is -2.37. The fraction of sp³-hybridized carbons (Fsp3) is 0. The average Bonchev–Trinajstić information content (AvgIpc) is 2.49. The van der Waals surface area contributed by atoms with Crippen molar-refractivity contribution in [1.82, 2.24) is 10.3 Å². The molecule has 7 heteroatoms. The Labute approximate surface area is 137 Å². The molecule has 1 heterocycles. The van der Waals surface area contributed by atoms with Crippen molar-refractivity contribution in [3.63, 3.8) is 0 Å². The van der Waals surface area contributed by atoms with Gasteiger partial charge in [0.05, 0.1) is 10.0 Å². The van der Waals surface area contributed by atoms with E-state index in [1.165, 1.54) is 6.20 Å². The summed E-state index contributed by atoms with van der Waals surface area (Å²) in [6, 6.07) is 8.52. The van der Waals surface area contributed by atoms with Gasteiger partial charge in [0.15, 0.2) is 5.96 Å². The van der Waals surface area contributed by atoms with E-state index in [-0.39, 0.29) is 5.57 Å². The number of amides is 1. The summed E-state index contributed by atoms with van der Waals surface area (Å²) in [5.74, 6) is -0.978. The molecule has 0 fully saturated rings. The number of guanidine groups is 1. The number of nitrogens with zero attached hydrogens (tertiary/aromatic N) is 1. The van der Waals surface area contributed by atoms with Crippen LogP contribution in [-0.2, 0) is 4.79 Å². The molecular weight excluding hydrogens is 323 g/mol. The summed E-state index contributed by atoms with van der Waals surface area (Å²) in [6.07, 6.45) is 4.70. The molecule has 0 aliphatic heterocycles. The Morgan fingerprint density at radius 1 is 1.27 bits per heavy atom. The van der Waals surface area contributed by atoms with Crippen LogP contribution in [0.3, 0.4) is 0 Å². The third kappa shape index (κ3) is 3.84. The molecule has 112 valence electrons. The number of hydrogen-bond donors (Lipinski definition) is 3. The van der Waals surface area contributed by atoms with Crippen LogP contribution in [0.4, 0.5) is 0 Å². The Morgan fingerprint density at radius 3 is 2.68 bits per heavy atom. The molecule has 0 aliphatic rings. The number of carbonyl (C=O) groups excluding carboxylic acids is 1. The van der Waals surface area contributed by atoms with Gasteiger partial charge in [-0.2, -0.15) is 0 Å². The van der Waals surface area contributed by atoms with Crippen LogP contribution in [0.2, 0.25) is 10.0 Å². The predicted octanol–water partition coefficient (Wildman–Crippen LogP) is 2.94. The van der Waals surface area contributed by atoms with Crippen LogP contribution >= 0.6 is 23.2 Å². The zero-order chi connectivity index (χ0) is 16.1. The van der Waals surface area contributed by atoms with Gasteiger partial charge >= 0.3 is 0 Å². The van der Waals surface area contributed by atoms with Crippen molar-refractivity contribution in [2.45, 2.75) is 0 Å². The van der Waals surface area contributed by atoms with Crippen molar-refractivity contribution in [2.75, 3.05) is 0 Å². The van der Waals surface area contributed by atoms with Crippen LogP contribution in [0.1, 0.15) is 11.1 Å². The molecule has 0 radical (unpaired) electrons. The molecule has 1 aromatic carbocycles. The van der Waals surface area contributed by atoms with E-state index in [0.717, 1.165) is 0 Å². The van der Waals surface area contributed by atoms with Gasteiger partial charge in [-0.15, -0.1) is 0 Å². The lowest BCUT2D eigenvalue weighted by Crippen LogP contribution is -2.36. The fourth-order valence-corrected chi connectivity index (χ4v) is 2.14. The van der Waals surface area contributed by atoms with E-state index < -0.39 is 11.9 Å². The fourth-order valence-electron chi connectivity index (χ4n) is 1.78. The molecular formula is C15H12Cl2N4O. The zero-order valence-corrected chi connectivity index (χ0v) is 12.8. The Kier molecular flexibility index (Phi) is 5.14. The number of nitrogens with one attached hydrogen (secondary N) is 2. The smallest absolute Gasteiger partial charge is 0.258 e. The SMILES string of the molecule is N=C(N)NC(=O)/C(=C/c1cccc(Cl)c1Cl)c1cccnc1. The monoisotopic (exact) mass is 334 g/mol. The van der Waals surface area contributed by atoms with Gasteiger partial charge in [-0.3, -0.25) is 20.5 Å². The number of pyridine rings is 1. The molecule has 0 saturated carbocycles. The van der Waals surface area contributed by atoms with E-state index >= 15 is 0 Å². The molecule has 4 N–H and O–H groups in total. The quantitative estimate of drug-likeness (QED) is 0.457. The lowest BCUT2D eigenvalue weighted by molar-refractivity contribution is -0.114. The maximum Gasteiger partial charge on any atom is 0.258 e. The maximum atomic E-state index is 12.3. The average molecular weight is 335 g/mol. The van der Waals surface area contributed by atoms with Gasteiger partial charge in [0.25, 0.3) is 5.91 Å². The summed E-state index contributed by atoms with van der Waals surface area (Å²) in [6.45, 7) is 0. The summed E-state index contributed by atoms with van der Waals surface area (Å²) in [7, 11) is 0. The van der Waals surface area contributed by atoms with Gasteiger partial charge in [0.1, 0.15) is 0 Å². The molecule has 22 heavy (non-hydrogen) atoms. The van der Waals surface area contributed by atoms with Crippen molar-refractivity contribution >= 4 is 46.7 Å². The first-order chi connectivity index (χ1) is 10.5. The molecule has 2 rings (SSSR count). The van der Waals surface area contributed by atoms with Gasteiger partial charge in [-0.05, 0) is 23.8 Å². The molecule has 0 atom stereocenters. The van der Waals surface area contributed by atoms with Crippen molar-refractivity contribution in [3.8, 4) is 0 Å². The van der Waals surface area contributed by atoms with Crippen molar-refractivity contribution < 1.29 is 4.79 Å². The first-order valence-electron chi connectivity index (χ1n) is 6.20. The molecule has 0 spiro atoms. The van der Waals surface area contributed by atoms with E-state index in [2.05, 4.69) is 10.3 Å². The molecule has 5 nitrogen and oxygen atoms in total. The normalized spacial score (nSPS) is 11.1. The maximum absolute atomic E-state index is 12.3. The second kappa shape index (κ2) is 7.06. The van der Waals surface area contributed by atoms with Crippen molar-refractivity contribution in [2.24, 2.45) is 5.73 Å². The molecule has 1 aromatic heterocycles. The summed E-state index contributed by atoms with van der Waals surface area (Å²) in [4.78, 5) is 16.2. The van der Waals surface area contributed by atoms with Crippen LogP contribution < -0.4 is 11.1 Å². The van der Waals surface area contributed by atoms with E-state index in [0.29, 0.717) is 21.2 Å². The van der Waals surface area contributed by atoms with E-state index in [4.69, 9.17) is 34.3 Å². The highest BCUT2D eigenvalue weighted by atomic mass is 35.5. The van der Waals surface area contributed by atoms with Crippen LogP contribution in [0, 0.1) is 5.41 Å². The van der Waals surface area contributed by atoms with Crippen LogP contribution in [0.15, 0.2) is 42.7 Å². The third-order valence-electron chi connectivity index (χ3n) is 2.75. The van der Waals surface area contributed by atoms with E-state index in [1.54, 1.807) is 42.6 Å². The van der Waals surface area contributed by atoms with Crippen molar-refractivity contribution in [1.29, 1.82) is 5.41 Å². The summed E-state index contributed by atoms with van der Waals surface area (Å²) < 4.78 is 0. The van der Waals surface area contributed by atoms with Crippen molar-refractivity contribution in [3.05, 3.63) is 63.9 Å². The van der Waals surface area contributed by atoms with Gasteiger partial charge in [0, 0.05) is 23.5 Å². The third-order valence-corrected chi connectivity index (χ3v) is 3.58. The predicted molar refractivity (Wildman–Crippen MR) is 88.6 cm³/mol. The number of nitrogens with two attached hydrogens (primary N) is 1. The minimum Gasteiger partial charge on any atom is -0.370 e. The second-order valence-corrected chi connectivity index (χ2v) is 5.10. The molecule has 0 unspecified atom stereocenters.